The van der Waals surface area contributed by atoms with Crippen molar-refractivity contribution in [1.82, 2.24) is 0 Å². The van der Waals surface area contributed by atoms with Crippen LogP contribution in [0.4, 0.5) is 0 Å². The largest absolute Gasteiger partial charge is 0.501 e. The predicted molar refractivity (Wildman–Crippen MR) is 75.9 cm³/mol. The van der Waals surface area contributed by atoms with Crippen molar-refractivity contribution in [2.45, 2.75) is 33.1 Å². The predicted octanol–water partition coefficient (Wildman–Crippen LogP) is 3.16. The summed E-state index contributed by atoms with van der Waals surface area (Å²) in [5.74, 6) is 0.744. The second-order valence-corrected chi connectivity index (χ2v) is 4.38. The molecule has 0 spiro atoms. The molecule has 0 atom stereocenters. The maximum absolute atomic E-state index is 11.6. The molecule has 1 rings (SSSR count). The molecular weight excluding hydrogens is 242 g/mol. The molecule has 0 radical (unpaired) electrons. The van der Waals surface area contributed by atoms with Gasteiger partial charge < -0.3 is 9.47 Å². The summed E-state index contributed by atoms with van der Waals surface area (Å²) in [6.07, 6.45) is 9.26. The molecule has 1 aliphatic rings. The van der Waals surface area contributed by atoms with E-state index in [1.165, 1.54) is 0 Å². The lowest BCUT2D eigenvalue weighted by molar-refractivity contribution is -0.141. The number of carbonyl (C=O) groups excluding carboxylic acids is 1. The minimum atomic E-state index is -0.220. The molecule has 0 aliphatic heterocycles. The molecular formula is C15H21NO3. The van der Waals surface area contributed by atoms with Crippen molar-refractivity contribution in [1.29, 1.82) is 0 Å². The summed E-state index contributed by atoms with van der Waals surface area (Å²) in [7, 11) is 1.67. The third kappa shape index (κ3) is 6.04. The molecule has 0 bridgehead atoms. The van der Waals surface area contributed by atoms with Crippen LogP contribution in [-0.4, -0.2) is 25.9 Å². The maximum Gasteiger partial charge on any atom is 0.310 e. The summed E-state index contributed by atoms with van der Waals surface area (Å²) in [6.45, 7) is 4.05. The quantitative estimate of drug-likeness (QED) is 0.546. The Bertz CT molecular complexity index is 431. The van der Waals surface area contributed by atoms with E-state index in [0.717, 1.165) is 29.7 Å². The highest BCUT2D eigenvalue weighted by molar-refractivity contribution is 5.72. The van der Waals surface area contributed by atoms with Crippen molar-refractivity contribution in [2.24, 2.45) is 4.99 Å². The Labute approximate surface area is 114 Å². The lowest BCUT2D eigenvalue weighted by Gasteiger charge is -2.13. The van der Waals surface area contributed by atoms with Crippen LogP contribution < -0.4 is 0 Å². The van der Waals surface area contributed by atoms with Gasteiger partial charge in [0.15, 0.2) is 0 Å². The molecule has 0 saturated heterocycles. The number of hydrogen-bond donors (Lipinski definition) is 0. The van der Waals surface area contributed by atoms with Gasteiger partial charge in [-0.2, -0.15) is 0 Å². The van der Waals surface area contributed by atoms with Crippen LogP contribution >= 0.6 is 0 Å². The average molecular weight is 263 g/mol. The maximum atomic E-state index is 11.6. The van der Waals surface area contributed by atoms with Crippen LogP contribution in [0.1, 0.15) is 33.1 Å². The standard InChI is InChI=1S/C15H21NO3/c1-4-16-10-12(2)9-15(17)19-11-13-5-7-14(18-3)8-6-13/h4-5,7,10H,6,8-9,11H2,1-3H3/b12-10+,16-4?. The van der Waals surface area contributed by atoms with Gasteiger partial charge in [-0.05, 0) is 37.5 Å². The molecule has 0 aromatic rings. The van der Waals surface area contributed by atoms with E-state index in [1.807, 2.05) is 26.0 Å². The molecule has 4 heteroatoms. The molecule has 0 unspecified atom stereocenters. The lowest BCUT2D eigenvalue weighted by atomic mass is 10.0. The van der Waals surface area contributed by atoms with Gasteiger partial charge in [0.25, 0.3) is 0 Å². The van der Waals surface area contributed by atoms with Crippen LogP contribution in [0.2, 0.25) is 0 Å². The highest BCUT2D eigenvalue weighted by atomic mass is 16.5. The monoisotopic (exact) mass is 263 g/mol. The summed E-state index contributed by atoms with van der Waals surface area (Å²) in [5, 5.41) is 0. The molecule has 19 heavy (non-hydrogen) atoms. The number of methoxy groups -OCH3 is 1. The topological polar surface area (TPSA) is 47.9 Å². The van der Waals surface area contributed by atoms with Gasteiger partial charge in [-0.1, -0.05) is 6.08 Å². The van der Waals surface area contributed by atoms with Crippen LogP contribution in [0.5, 0.6) is 0 Å². The van der Waals surface area contributed by atoms with Gasteiger partial charge >= 0.3 is 5.97 Å². The van der Waals surface area contributed by atoms with Crippen molar-refractivity contribution >= 4 is 12.2 Å². The first-order valence-electron chi connectivity index (χ1n) is 6.37. The second kappa shape index (κ2) is 8.29. The third-order valence-corrected chi connectivity index (χ3v) is 2.75. The average Bonchev–Trinajstić information content (AvgIpc) is 2.43. The van der Waals surface area contributed by atoms with Gasteiger partial charge in [-0.15, -0.1) is 0 Å². The minimum Gasteiger partial charge on any atom is -0.501 e. The molecule has 0 aromatic heterocycles. The fourth-order valence-electron chi connectivity index (χ4n) is 1.65. The summed E-state index contributed by atoms with van der Waals surface area (Å²) in [4.78, 5) is 15.6. The summed E-state index contributed by atoms with van der Waals surface area (Å²) >= 11 is 0. The summed E-state index contributed by atoms with van der Waals surface area (Å²) in [6, 6.07) is 0. The number of aliphatic imine (C=N–C) groups is 1. The van der Waals surface area contributed by atoms with Gasteiger partial charge in [-0.25, -0.2) is 0 Å². The molecule has 1 aliphatic carbocycles. The van der Waals surface area contributed by atoms with E-state index in [4.69, 9.17) is 9.47 Å². The molecule has 0 fully saturated rings. The van der Waals surface area contributed by atoms with Crippen molar-refractivity contribution in [2.75, 3.05) is 13.7 Å². The van der Waals surface area contributed by atoms with E-state index in [9.17, 15) is 4.79 Å². The number of allylic oxidation sites excluding steroid dienone is 3. The number of hydrogen-bond acceptors (Lipinski definition) is 4. The van der Waals surface area contributed by atoms with E-state index in [1.54, 1.807) is 19.5 Å². The van der Waals surface area contributed by atoms with Crippen LogP contribution in [0.3, 0.4) is 0 Å². The van der Waals surface area contributed by atoms with Crippen molar-refractivity contribution in [3.05, 3.63) is 35.3 Å². The highest BCUT2D eigenvalue weighted by Crippen LogP contribution is 2.19. The fraction of sp³-hybridized carbons (Fsp3) is 0.467. The SMILES string of the molecule is CC=N/C=C(\C)CC(=O)OCC1=CC=C(OC)CC1. The number of ether oxygens (including phenoxy) is 2. The van der Waals surface area contributed by atoms with Gasteiger partial charge in [0.1, 0.15) is 6.61 Å². The Morgan fingerprint density at radius 1 is 1.42 bits per heavy atom. The number of carbonyl (C=O) groups is 1. The fourth-order valence-corrected chi connectivity index (χ4v) is 1.65. The molecule has 0 amide bonds. The minimum absolute atomic E-state index is 0.220. The van der Waals surface area contributed by atoms with E-state index in [0.29, 0.717) is 6.61 Å². The number of nitrogens with zero attached hydrogens (tertiary/aromatic N) is 1. The Hall–Kier alpha value is -1.84. The first kappa shape index (κ1) is 15.2. The lowest BCUT2D eigenvalue weighted by Crippen LogP contribution is -2.09. The Balaban J connectivity index is 2.35. The van der Waals surface area contributed by atoms with Crippen LogP contribution in [0.25, 0.3) is 0 Å². The summed E-state index contributed by atoms with van der Waals surface area (Å²) < 4.78 is 10.4. The van der Waals surface area contributed by atoms with Crippen molar-refractivity contribution < 1.29 is 14.3 Å². The first-order valence-corrected chi connectivity index (χ1v) is 6.37. The Morgan fingerprint density at radius 2 is 2.21 bits per heavy atom. The first-order chi connectivity index (χ1) is 9.15. The smallest absolute Gasteiger partial charge is 0.310 e. The molecule has 4 nitrogen and oxygen atoms in total. The normalized spacial score (nSPS) is 16.1. The van der Waals surface area contributed by atoms with Crippen molar-refractivity contribution in [3.63, 3.8) is 0 Å². The zero-order valence-corrected chi connectivity index (χ0v) is 11.8. The van der Waals surface area contributed by atoms with E-state index >= 15 is 0 Å². The molecule has 0 N–H and O–H groups in total. The van der Waals surface area contributed by atoms with E-state index in [-0.39, 0.29) is 12.4 Å². The second-order valence-electron chi connectivity index (χ2n) is 4.38. The molecule has 0 saturated carbocycles. The van der Waals surface area contributed by atoms with Crippen molar-refractivity contribution in [3.8, 4) is 0 Å². The zero-order valence-electron chi connectivity index (χ0n) is 11.8. The van der Waals surface area contributed by atoms with Crippen LogP contribution in [0.15, 0.2) is 40.2 Å². The van der Waals surface area contributed by atoms with E-state index in [2.05, 4.69) is 4.99 Å². The van der Waals surface area contributed by atoms with Gasteiger partial charge in [0, 0.05) is 18.8 Å². The van der Waals surface area contributed by atoms with E-state index < -0.39 is 0 Å². The molecule has 0 aromatic carbocycles. The number of rotatable bonds is 6. The highest BCUT2D eigenvalue weighted by Gasteiger charge is 2.09. The van der Waals surface area contributed by atoms with Crippen LogP contribution in [0, 0.1) is 0 Å². The third-order valence-electron chi connectivity index (χ3n) is 2.75. The van der Waals surface area contributed by atoms with Gasteiger partial charge in [0.2, 0.25) is 0 Å². The zero-order chi connectivity index (χ0) is 14.1. The van der Waals surface area contributed by atoms with Crippen LogP contribution in [-0.2, 0) is 14.3 Å². The Morgan fingerprint density at radius 3 is 2.79 bits per heavy atom. The number of esters is 1. The summed E-state index contributed by atoms with van der Waals surface area (Å²) in [5.41, 5.74) is 2.00. The Kier molecular flexibility index (Phi) is 6.64. The molecule has 104 valence electrons. The van der Waals surface area contributed by atoms with Gasteiger partial charge in [0.05, 0.1) is 19.3 Å². The molecule has 0 heterocycles. The van der Waals surface area contributed by atoms with Gasteiger partial charge in [-0.3, -0.25) is 9.79 Å².